The maximum Gasteiger partial charge on any atom is 0.251 e. The minimum absolute atomic E-state index is 0.00600. The Labute approximate surface area is 132 Å². The fraction of sp³-hybridized carbons (Fsp3) is 0.316. The summed E-state index contributed by atoms with van der Waals surface area (Å²) in [6.07, 6.45) is 0.823. The van der Waals surface area contributed by atoms with Crippen molar-refractivity contribution >= 4 is 5.91 Å². The molecule has 0 fully saturated rings. The molecule has 0 aromatic heterocycles. The van der Waals surface area contributed by atoms with E-state index in [1.165, 1.54) is 0 Å². The molecule has 116 valence electrons. The second-order valence-electron chi connectivity index (χ2n) is 5.58. The summed E-state index contributed by atoms with van der Waals surface area (Å²) in [5.74, 6) is 0.784. The van der Waals surface area contributed by atoms with Crippen molar-refractivity contribution in [1.29, 1.82) is 0 Å². The van der Waals surface area contributed by atoms with Crippen LogP contribution in [0.25, 0.3) is 0 Å². The highest BCUT2D eigenvalue weighted by molar-refractivity contribution is 5.94. The van der Waals surface area contributed by atoms with Crippen molar-refractivity contribution in [2.75, 3.05) is 6.61 Å². The summed E-state index contributed by atoms with van der Waals surface area (Å²) < 4.78 is 5.79. The van der Waals surface area contributed by atoms with Crippen LogP contribution in [0.4, 0.5) is 0 Å². The second-order valence-corrected chi connectivity index (χ2v) is 5.58. The van der Waals surface area contributed by atoms with Gasteiger partial charge in [0.05, 0.1) is 6.04 Å². The van der Waals surface area contributed by atoms with E-state index >= 15 is 0 Å². The van der Waals surface area contributed by atoms with Crippen LogP contribution in [0.15, 0.2) is 48.5 Å². The molecule has 1 amide bonds. The van der Waals surface area contributed by atoms with E-state index in [4.69, 9.17) is 4.74 Å². The third-order valence-electron chi connectivity index (χ3n) is 3.55. The number of nitrogens with one attached hydrogen (secondary N) is 1. The molecule has 3 nitrogen and oxygen atoms in total. The normalized spacial score (nSPS) is 11.8. The maximum absolute atomic E-state index is 12.3. The van der Waals surface area contributed by atoms with Crippen LogP contribution in [0.5, 0.6) is 5.75 Å². The fourth-order valence-corrected chi connectivity index (χ4v) is 2.22. The Balaban J connectivity index is 1.93. The van der Waals surface area contributed by atoms with E-state index in [-0.39, 0.29) is 11.9 Å². The fourth-order valence-electron chi connectivity index (χ4n) is 2.22. The van der Waals surface area contributed by atoms with Crippen LogP contribution < -0.4 is 10.1 Å². The number of amides is 1. The Morgan fingerprint density at radius 1 is 1.09 bits per heavy atom. The molecule has 0 unspecified atom stereocenters. The molecule has 0 aliphatic heterocycles. The molecule has 2 aromatic carbocycles. The lowest BCUT2D eigenvalue weighted by Crippen LogP contribution is -2.38. The Kier molecular flexibility index (Phi) is 5.59. The maximum atomic E-state index is 12.3. The molecule has 22 heavy (non-hydrogen) atoms. The third kappa shape index (κ3) is 4.62. The molecule has 0 aliphatic rings. The Bertz CT molecular complexity index is 637. The number of hydrogen-bond acceptors (Lipinski definition) is 2. The van der Waals surface area contributed by atoms with Crippen LogP contribution in [-0.2, 0) is 0 Å². The molecule has 0 radical (unpaired) electrons. The first-order valence-electron chi connectivity index (χ1n) is 7.65. The van der Waals surface area contributed by atoms with Gasteiger partial charge in [-0.2, -0.15) is 0 Å². The van der Waals surface area contributed by atoms with Crippen molar-refractivity contribution in [1.82, 2.24) is 5.32 Å². The van der Waals surface area contributed by atoms with E-state index in [0.29, 0.717) is 12.2 Å². The van der Waals surface area contributed by atoms with Crippen LogP contribution in [0.1, 0.15) is 34.8 Å². The highest BCUT2D eigenvalue weighted by Gasteiger charge is 2.13. The number of benzene rings is 2. The molecule has 1 N–H and O–H groups in total. The van der Waals surface area contributed by atoms with Gasteiger partial charge in [-0.05, 0) is 50.1 Å². The first-order chi connectivity index (χ1) is 10.6. The minimum atomic E-state index is -0.0524. The zero-order valence-electron chi connectivity index (χ0n) is 13.4. The van der Waals surface area contributed by atoms with Gasteiger partial charge in [0.2, 0.25) is 0 Å². The molecule has 0 spiro atoms. The zero-order chi connectivity index (χ0) is 15.9. The van der Waals surface area contributed by atoms with Crippen molar-refractivity contribution in [3.63, 3.8) is 0 Å². The number of carbonyl (C=O) groups is 1. The van der Waals surface area contributed by atoms with E-state index in [9.17, 15) is 4.79 Å². The van der Waals surface area contributed by atoms with Gasteiger partial charge < -0.3 is 10.1 Å². The molecular formula is C19H23NO2. The van der Waals surface area contributed by atoms with Gasteiger partial charge >= 0.3 is 0 Å². The average molecular weight is 297 g/mol. The molecule has 0 bridgehead atoms. The molecular weight excluding hydrogens is 274 g/mol. The molecule has 0 aliphatic carbocycles. The summed E-state index contributed by atoms with van der Waals surface area (Å²) in [4.78, 5) is 12.3. The van der Waals surface area contributed by atoms with Crippen LogP contribution in [0.2, 0.25) is 0 Å². The summed E-state index contributed by atoms with van der Waals surface area (Å²) in [5, 5.41) is 3.03. The lowest BCUT2D eigenvalue weighted by atomic mass is 10.1. The molecule has 3 heteroatoms. The van der Waals surface area contributed by atoms with Crippen molar-refractivity contribution in [3.8, 4) is 5.75 Å². The molecule has 0 saturated heterocycles. The van der Waals surface area contributed by atoms with Gasteiger partial charge in [-0.15, -0.1) is 0 Å². The quantitative estimate of drug-likeness (QED) is 0.878. The van der Waals surface area contributed by atoms with Crippen LogP contribution >= 0.6 is 0 Å². The molecule has 0 saturated carbocycles. The number of hydrogen-bond donors (Lipinski definition) is 1. The monoisotopic (exact) mass is 297 g/mol. The predicted molar refractivity (Wildman–Crippen MR) is 89.4 cm³/mol. The van der Waals surface area contributed by atoms with Crippen molar-refractivity contribution < 1.29 is 9.53 Å². The first kappa shape index (κ1) is 16.1. The average Bonchev–Trinajstić information content (AvgIpc) is 2.51. The van der Waals surface area contributed by atoms with Crippen LogP contribution in [0, 0.1) is 13.8 Å². The highest BCUT2D eigenvalue weighted by Crippen LogP contribution is 2.13. The molecule has 0 heterocycles. The predicted octanol–water partition coefficient (Wildman–Crippen LogP) is 3.89. The topological polar surface area (TPSA) is 38.3 Å². The van der Waals surface area contributed by atoms with Crippen molar-refractivity contribution in [3.05, 3.63) is 65.2 Å². The number of carbonyl (C=O) groups excluding carboxylic acids is 1. The van der Waals surface area contributed by atoms with Gasteiger partial charge in [0.25, 0.3) is 5.91 Å². The zero-order valence-corrected chi connectivity index (χ0v) is 13.4. The van der Waals surface area contributed by atoms with Crippen molar-refractivity contribution in [2.45, 2.75) is 33.2 Å². The Morgan fingerprint density at radius 3 is 2.41 bits per heavy atom. The molecule has 2 aromatic rings. The van der Waals surface area contributed by atoms with Gasteiger partial charge in [0.1, 0.15) is 12.4 Å². The summed E-state index contributed by atoms with van der Waals surface area (Å²) in [6.45, 7) is 6.52. The third-order valence-corrected chi connectivity index (χ3v) is 3.55. The minimum Gasteiger partial charge on any atom is -0.491 e. The standard InChI is InChI=1S/C19H23NO2/c1-4-17(13-22-18-10-6-8-15(3)12-18)20-19(21)16-9-5-7-14(2)11-16/h5-12,17H,4,13H2,1-3H3,(H,20,21)/t17-/m1/s1. The van der Waals surface area contributed by atoms with E-state index in [1.54, 1.807) is 0 Å². The van der Waals surface area contributed by atoms with Crippen molar-refractivity contribution in [2.24, 2.45) is 0 Å². The SMILES string of the molecule is CC[C@H](COc1cccc(C)c1)NC(=O)c1cccc(C)c1. The van der Waals surface area contributed by atoms with Crippen LogP contribution in [-0.4, -0.2) is 18.6 Å². The largest absolute Gasteiger partial charge is 0.491 e. The van der Waals surface area contributed by atoms with E-state index in [0.717, 1.165) is 23.3 Å². The summed E-state index contributed by atoms with van der Waals surface area (Å²) in [5.41, 5.74) is 2.93. The van der Waals surface area contributed by atoms with E-state index in [2.05, 4.69) is 5.32 Å². The lowest BCUT2D eigenvalue weighted by molar-refractivity contribution is 0.0920. The second kappa shape index (κ2) is 7.64. The molecule has 2 rings (SSSR count). The van der Waals surface area contributed by atoms with Crippen LogP contribution in [0.3, 0.4) is 0 Å². The van der Waals surface area contributed by atoms with E-state index < -0.39 is 0 Å². The van der Waals surface area contributed by atoms with Gasteiger partial charge in [-0.25, -0.2) is 0 Å². The Hall–Kier alpha value is -2.29. The summed E-state index contributed by atoms with van der Waals surface area (Å²) >= 11 is 0. The number of ether oxygens (including phenoxy) is 1. The Morgan fingerprint density at radius 2 is 1.77 bits per heavy atom. The van der Waals surface area contributed by atoms with Gasteiger partial charge in [-0.3, -0.25) is 4.79 Å². The molecule has 1 atom stereocenters. The van der Waals surface area contributed by atoms with Gasteiger partial charge in [-0.1, -0.05) is 36.8 Å². The highest BCUT2D eigenvalue weighted by atomic mass is 16.5. The smallest absolute Gasteiger partial charge is 0.251 e. The van der Waals surface area contributed by atoms with Gasteiger partial charge in [0, 0.05) is 5.56 Å². The summed E-state index contributed by atoms with van der Waals surface area (Å²) in [6, 6.07) is 15.5. The van der Waals surface area contributed by atoms with Gasteiger partial charge in [0.15, 0.2) is 0 Å². The summed E-state index contributed by atoms with van der Waals surface area (Å²) in [7, 11) is 0. The first-order valence-corrected chi connectivity index (χ1v) is 7.65. The number of rotatable bonds is 6. The lowest BCUT2D eigenvalue weighted by Gasteiger charge is -2.18. The van der Waals surface area contributed by atoms with E-state index in [1.807, 2.05) is 69.3 Å². The number of aryl methyl sites for hydroxylation is 2.